The Balaban J connectivity index is 1.52. The van der Waals surface area contributed by atoms with Crippen LogP contribution in [0.15, 0.2) is 71.6 Å². The van der Waals surface area contributed by atoms with Crippen LogP contribution in [0.4, 0.5) is 11.4 Å². The third kappa shape index (κ3) is 7.24. The first kappa shape index (κ1) is 30.5. The number of aromatic hydroxyl groups is 1. The zero-order chi connectivity index (χ0) is 29.7. The molecule has 0 unspecified atom stereocenters. The zero-order valence-corrected chi connectivity index (χ0v) is 24.2. The molecule has 3 aromatic rings. The Hall–Kier alpha value is -3.48. The fraction of sp³-hybridized carbons (Fsp3) is 0.367. The van der Waals surface area contributed by atoms with Crippen LogP contribution in [0.5, 0.6) is 5.75 Å². The number of likely N-dealkylation sites (N-methyl/N-ethyl adjacent to an activating group) is 1. The van der Waals surface area contributed by atoms with Crippen LogP contribution in [-0.2, 0) is 21.4 Å². The van der Waals surface area contributed by atoms with Crippen molar-refractivity contribution in [2.75, 3.05) is 43.0 Å². The number of phenolic OH excluding ortho intramolecular Hbond substituents is 1. The molecule has 0 radical (unpaired) electrons. The van der Waals surface area contributed by atoms with Gasteiger partial charge in [-0.15, -0.1) is 0 Å². The van der Waals surface area contributed by atoms with Crippen molar-refractivity contribution in [3.8, 4) is 5.75 Å². The first-order valence-electron chi connectivity index (χ1n) is 13.6. The standard InChI is InChI=1S/C30H38N4O6S/c1-21-3-10-26(11-4-21)41(39,40)32(2)20-29(36)34(25-9-12-27(30(37)38)28(35)17-25)19-23-13-15-33(16-14-23)24-7-5-22(18-31)6-8-24/h3-12,17,23,30,35,37-38H,13-16,18-20,31H2,1-2H3. The van der Waals surface area contributed by atoms with Gasteiger partial charge >= 0.3 is 0 Å². The lowest BCUT2D eigenvalue weighted by Crippen LogP contribution is -2.45. The van der Waals surface area contributed by atoms with Gasteiger partial charge in [-0.1, -0.05) is 29.8 Å². The molecule has 0 saturated carbocycles. The number of rotatable bonds is 10. The average Bonchev–Trinajstić information content (AvgIpc) is 2.96. The monoisotopic (exact) mass is 582 g/mol. The van der Waals surface area contributed by atoms with E-state index in [2.05, 4.69) is 17.0 Å². The Labute approximate surface area is 241 Å². The van der Waals surface area contributed by atoms with Crippen LogP contribution in [0, 0.1) is 12.8 Å². The van der Waals surface area contributed by atoms with Gasteiger partial charge in [0, 0.05) is 56.2 Å². The Morgan fingerprint density at radius 3 is 2.22 bits per heavy atom. The number of hydrogen-bond donors (Lipinski definition) is 4. The molecule has 1 saturated heterocycles. The van der Waals surface area contributed by atoms with E-state index in [9.17, 15) is 28.5 Å². The van der Waals surface area contributed by atoms with Gasteiger partial charge < -0.3 is 30.9 Å². The highest BCUT2D eigenvalue weighted by Gasteiger charge is 2.29. The number of sulfonamides is 1. The normalized spacial score (nSPS) is 14.6. The number of phenols is 1. The summed E-state index contributed by atoms with van der Waals surface area (Å²) in [6, 6.07) is 18.7. The Bertz CT molecular complexity index is 1440. The molecule has 4 rings (SSSR count). The number of nitrogens with zero attached hydrogens (tertiary/aromatic N) is 3. The van der Waals surface area contributed by atoms with Crippen LogP contribution in [0.2, 0.25) is 0 Å². The quantitative estimate of drug-likeness (QED) is 0.267. The van der Waals surface area contributed by atoms with Crippen LogP contribution in [-0.4, -0.2) is 67.2 Å². The summed E-state index contributed by atoms with van der Waals surface area (Å²) in [6.45, 7) is 3.83. The Morgan fingerprint density at radius 1 is 1.02 bits per heavy atom. The molecule has 220 valence electrons. The summed E-state index contributed by atoms with van der Waals surface area (Å²) in [4.78, 5) is 17.5. The van der Waals surface area contributed by atoms with Crippen molar-refractivity contribution >= 4 is 27.3 Å². The third-order valence-electron chi connectivity index (χ3n) is 7.58. The van der Waals surface area contributed by atoms with E-state index >= 15 is 0 Å². The molecule has 0 atom stereocenters. The van der Waals surface area contributed by atoms with E-state index in [-0.39, 0.29) is 22.1 Å². The molecule has 1 aliphatic rings. The van der Waals surface area contributed by atoms with Crippen molar-refractivity contribution < 1.29 is 28.5 Å². The minimum absolute atomic E-state index is 0.0887. The highest BCUT2D eigenvalue weighted by atomic mass is 32.2. The molecule has 5 N–H and O–H groups in total. The van der Waals surface area contributed by atoms with E-state index in [0.717, 1.165) is 47.1 Å². The van der Waals surface area contributed by atoms with Crippen LogP contribution in [0.3, 0.4) is 0 Å². The predicted octanol–water partition coefficient (Wildman–Crippen LogP) is 2.71. The molecular formula is C30H38N4O6S. The fourth-order valence-corrected chi connectivity index (χ4v) is 6.12. The predicted molar refractivity (Wildman–Crippen MR) is 158 cm³/mol. The van der Waals surface area contributed by atoms with Crippen molar-refractivity contribution in [2.45, 2.75) is 37.5 Å². The van der Waals surface area contributed by atoms with Gasteiger partial charge in [-0.25, -0.2) is 8.42 Å². The minimum atomic E-state index is -3.91. The minimum Gasteiger partial charge on any atom is -0.507 e. The fourth-order valence-electron chi connectivity index (χ4n) is 5.00. The van der Waals surface area contributed by atoms with E-state index in [1.807, 2.05) is 19.1 Å². The van der Waals surface area contributed by atoms with Crippen molar-refractivity contribution in [3.05, 3.63) is 83.4 Å². The lowest BCUT2D eigenvalue weighted by Gasteiger charge is -2.36. The maximum atomic E-state index is 13.7. The SMILES string of the molecule is Cc1ccc(S(=O)(=O)N(C)CC(=O)N(CC2CCN(c3ccc(CN)cc3)CC2)c2ccc(C(O)O)c(O)c2)cc1. The topological polar surface area (TPSA) is 148 Å². The zero-order valence-electron chi connectivity index (χ0n) is 23.3. The number of benzene rings is 3. The van der Waals surface area contributed by atoms with Crippen molar-refractivity contribution in [1.29, 1.82) is 0 Å². The molecule has 0 aliphatic carbocycles. The number of hydrogen-bond acceptors (Lipinski definition) is 8. The molecule has 11 heteroatoms. The lowest BCUT2D eigenvalue weighted by molar-refractivity contribution is -0.118. The maximum absolute atomic E-state index is 13.7. The Kier molecular flexibility index (Phi) is 9.67. The van der Waals surface area contributed by atoms with Crippen molar-refractivity contribution in [2.24, 2.45) is 11.7 Å². The molecule has 0 spiro atoms. The molecule has 1 heterocycles. The lowest BCUT2D eigenvalue weighted by atomic mass is 9.95. The molecule has 3 aromatic carbocycles. The highest BCUT2D eigenvalue weighted by molar-refractivity contribution is 7.89. The highest BCUT2D eigenvalue weighted by Crippen LogP contribution is 2.31. The summed E-state index contributed by atoms with van der Waals surface area (Å²) < 4.78 is 27.3. The van der Waals surface area contributed by atoms with Crippen LogP contribution in [0.1, 0.15) is 35.8 Å². The van der Waals surface area contributed by atoms with E-state index in [0.29, 0.717) is 18.8 Å². The van der Waals surface area contributed by atoms with E-state index in [1.54, 1.807) is 12.1 Å². The Morgan fingerprint density at radius 2 is 1.66 bits per heavy atom. The first-order chi connectivity index (χ1) is 19.5. The van der Waals surface area contributed by atoms with E-state index < -0.39 is 28.8 Å². The van der Waals surface area contributed by atoms with Gasteiger partial charge in [0.05, 0.1) is 11.4 Å². The van der Waals surface area contributed by atoms with E-state index in [4.69, 9.17) is 5.73 Å². The van der Waals surface area contributed by atoms with Gasteiger partial charge in [0.2, 0.25) is 15.9 Å². The molecule has 0 bridgehead atoms. The molecule has 1 fully saturated rings. The molecular weight excluding hydrogens is 544 g/mol. The van der Waals surface area contributed by atoms with Crippen LogP contribution < -0.4 is 15.5 Å². The second-order valence-corrected chi connectivity index (χ2v) is 12.5. The average molecular weight is 583 g/mol. The van der Waals surface area contributed by atoms with Crippen molar-refractivity contribution in [1.82, 2.24) is 4.31 Å². The molecule has 0 aromatic heterocycles. The number of aliphatic hydroxyl groups excluding tert-OH is 1. The van der Waals surface area contributed by atoms with Gasteiger partial charge in [0.1, 0.15) is 5.75 Å². The number of aliphatic hydroxyl groups is 2. The van der Waals surface area contributed by atoms with Crippen LogP contribution in [0.25, 0.3) is 0 Å². The number of carbonyl (C=O) groups is 1. The molecule has 41 heavy (non-hydrogen) atoms. The van der Waals surface area contributed by atoms with Gasteiger partial charge in [-0.3, -0.25) is 4.79 Å². The largest absolute Gasteiger partial charge is 0.507 e. The number of carbonyl (C=O) groups excluding carboxylic acids is 1. The summed E-state index contributed by atoms with van der Waals surface area (Å²) in [6.07, 6.45) is -0.263. The molecule has 1 aliphatic heterocycles. The third-order valence-corrected chi connectivity index (χ3v) is 9.40. The molecule has 1 amide bonds. The number of amides is 1. The summed E-state index contributed by atoms with van der Waals surface area (Å²) >= 11 is 0. The number of nitrogens with two attached hydrogens (primary N) is 1. The number of piperidine rings is 1. The van der Waals surface area contributed by atoms with Gasteiger partial charge in [0.25, 0.3) is 0 Å². The van der Waals surface area contributed by atoms with Gasteiger partial charge in [-0.05, 0) is 67.6 Å². The summed E-state index contributed by atoms with van der Waals surface area (Å²) in [7, 11) is -2.55. The second-order valence-electron chi connectivity index (χ2n) is 10.5. The summed E-state index contributed by atoms with van der Waals surface area (Å²) in [5, 5.41) is 29.4. The van der Waals surface area contributed by atoms with E-state index in [1.165, 1.54) is 42.3 Å². The number of anilines is 2. The smallest absolute Gasteiger partial charge is 0.243 e. The number of aryl methyl sites for hydroxylation is 1. The first-order valence-corrected chi connectivity index (χ1v) is 15.0. The summed E-state index contributed by atoms with van der Waals surface area (Å²) in [5.74, 6) is -0.700. The summed E-state index contributed by atoms with van der Waals surface area (Å²) in [5.41, 5.74) is 9.07. The molecule has 10 nitrogen and oxygen atoms in total. The van der Waals surface area contributed by atoms with Crippen molar-refractivity contribution in [3.63, 3.8) is 0 Å². The van der Waals surface area contributed by atoms with Gasteiger partial charge in [0.15, 0.2) is 6.29 Å². The second kappa shape index (κ2) is 13.0. The van der Waals surface area contributed by atoms with Gasteiger partial charge in [-0.2, -0.15) is 4.31 Å². The maximum Gasteiger partial charge on any atom is 0.243 e. The van der Waals surface area contributed by atoms with Crippen LogP contribution >= 0.6 is 0 Å².